The van der Waals surface area contributed by atoms with Crippen LogP contribution in [0.15, 0.2) is 78.9 Å². The van der Waals surface area contributed by atoms with Gasteiger partial charge in [0.05, 0.1) is 12.7 Å². The van der Waals surface area contributed by atoms with Gasteiger partial charge in [-0.15, -0.1) is 6.07 Å². The van der Waals surface area contributed by atoms with Gasteiger partial charge in [0.25, 0.3) is 0 Å². The van der Waals surface area contributed by atoms with Gasteiger partial charge in [0.2, 0.25) is 0 Å². The van der Waals surface area contributed by atoms with E-state index in [1.54, 1.807) is 18.2 Å². The zero-order valence-electron chi connectivity index (χ0n) is 17.2. The fourth-order valence-corrected chi connectivity index (χ4v) is 3.84. The number of benzene rings is 2. The first-order valence-electron chi connectivity index (χ1n) is 9.98. The Balaban J connectivity index is 0.00000231. The van der Waals surface area contributed by atoms with Gasteiger partial charge in [-0.2, -0.15) is 12.1 Å². The Kier molecular flexibility index (Phi) is 7.21. The van der Waals surface area contributed by atoms with Crippen LogP contribution in [0.5, 0.6) is 0 Å². The normalized spacial score (nSPS) is 28.7. The summed E-state index contributed by atoms with van der Waals surface area (Å²) in [7, 11) is 0. The molecule has 1 aromatic heterocycles. The van der Waals surface area contributed by atoms with Crippen molar-refractivity contribution in [3.8, 4) is 0 Å². The third-order valence-electron chi connectivity index (χ3n) is 5.35. The molecule has 2 aliphatic rings. The van der Waals surface area contributed by atoms with E-state index in [0.29, 0.717) is 12.3 Å². The molecule has 2 unspecified atom stereocenters. The Bertz CT molecular complexity index is 946. The van der Waals surface area contributed by atoms with Crippen molar-refractivity contribution in [1.29, 1.82) is 0 Å². The van der Waals surface area contributed by atoms with Crippen molar-refractivity contribution in [2.24, 2.45) is 0 Å². The summed E-state index contributed by atoms with van der Waals surface area (Å²) >= 11 is 0. The van der Waals surface area contributed by atoms with Gasteiger partial charge in [0.1, 0.15) is 18.3 Å². The van der Waals surface area contributed by atoms with Gasteiger partial charge in [-0.25, -0.2) is 0 Å². The molecule has 2 fully saturated rings. The summed E-state index contributed by atoms with van der Waals surface area (Å²) < 4.78 is 24.6. The number of ether oxygens (including phenoxy) is 4. The number of pyridine rings is 1. The molecular weight excluding hydrogens is 389 g/mol. The number of rotatable bonds is 4. The quantitative estimate of drug-likeness (QED) is 0.499. The zero-order chi connectivity index (χ0) is 20.3. The number of aromatic nitrogens is 1. The Morgan fingerprint density at radius 1 is 0.839 bits per heavy atom. The van der Waals surface area contributed by atoms with E-state index in [-0.39, 0.29) is 18.9 Å². The maximum Gasteiger partial charge on any atom is 1.00 e. The second kappa shape index (κ2) is 10.1. The van der Waals surface area contributed by atoms with E-state index in [1.165, 1.54) is 0 Å². The van der Waals surface area contributed by atoms with Crippen LogP contribution >= 0.6 is 0 Å². The second-order valence-electron chi connectivity index (χ2n) is 7.33. The maximum atomic E-state index is 11.1. The molecule has 6 atom stereocenters. The molecule has 5 rings (SSSR count). The number of aliphatic hydroxyl groups is 1. The molecule has 3 aromatic rings. The van der Waals surface area contributed by atoms with Crippen LogP contribution in [0, 0.1) is 6.20 Å². The van der Waals surface area contributed by atoms with Crippen molar-refractivity contribution in [2.45, 2.75) is 37.0 Å². The number of hydrogen-bond donors (Lipinski definition) is 1. The van der Waals surface area contributed by atoms with Crippen molar-refractivity contribution in [2.75, 3.05) is 6.61 Å². The SMILES string of the molecule is O[C@H](c1ccc[c-]n1)[C@@H]1OC(c2ccccc2)O[C@@H]2COC(c3ccccc3)O[C@@H]12.[Li+]. The van der Waals surface area contributed by atoms with Gasteiger partial charge >= 0.3 is 18.9 Å². The minimum atomic E-state index is -1.00. The van der Waals surface area contributed by atoms with E-state index in [0.717, 1.165) is 11.1 Å². The number of aliphatic hydroxyl groups excluding tert-OH is 1. The molecule has 31 heavy (non-hydrogen) atoms. The Labute approximate surface area is 193 Å². The van der Waals surface area contributed by atoms with Crippen molar-refractivity contribution < 1.29 is 42.9 Å². The minimum absolute atomic E-state index is 0. The van der Waals surface area contributed by atoms with Crippen LogP contribution in [0.25, 0.3) is 0 Å². The van der Waals surface area contributed by atoms with Crippen LogP contribution in [-0.4, -0.2) is 35.0 Å². The molecule has 2 aliphatic heterocycles. The number of fused-ring (bicyclic) bond motifs is 1. The molecule has 0 amide bonds. The fraction of sp³-hybridized carbons (Fsp3) is 0.292. The van der Waals surface area contributed by atoms with Gasteiger partial charge in [0, 0.05) is 11.1 Å². The first kappa shape index (κ1) is 22.2. The summed E-state index contributed by atoms with van der Waals surface area (Å²) in [6.07, 6.45) is -1.04. The summed E-state index contributed by atoms with van der Waals surface area (Å²) in [4.78, 5) is 4.18. The van der Waals surface area contributed by atoms with Gasteiger partial charge in [-0.3, -0.25) is 0 Å². The smallest absolute Gasteiger partial charge is 0.396 e. The standard InChI is InChI=1S/C24H22NO5.Li/c26-20(18-13-7-8-14-25-18)22-21-19(28-24(30-22)17-11-5-2-6-12-17)15-27-23(29-21)16-9-3-1-4-10-16;/h1-13,19-24,26H,15H2;/q-1;+1/t19-,20-,21-,22+,23?,24?;/m1./s1. The Hall–Kier alpha value is -2.01. The van der Waals surface area contributed by atoms with Crippen LogP contribution in [0.3, 0.4) is 0 Å². The van der Waals surface area contributed by atoms with Gasteiger partial charge in [-0.1, -0.05) is 66.9 Å². The molecule has 0 saturated carbocycles. The van der Waals surface area contributed by atoms with E-state index in [2.05, 4.69) is 11.2 Å². The number of nitrogens with zero attached hydrogens (tertiary/aromatic N) is 1. The van der Waals surface area contributed by atoms with E-state index < -0.39 is 37.0 Å². The van der Waals surface area contributed by atoms with Crippen molar-refractivity contribution in [3.05, 3.63) is 102 Å². The molecule has 2 saturated heterocycles. The molecule has 154 valence electrons. The minimum Gasteiger partial charge on any atom is -0.396 e. The Morgan fingerprint density at radius 3 is 2.16 bits per heavy atom. The molecule has 0 spiro atoms. The summed E-state index contributed by atoms with van der Waals surface area (Å²) in [5, 5.41) is 11.1. The molecule has 7 heteroatoms. The first-order valence-corrected chi connectivity index (χ1v) is 9.98. The van der Waals surface area contributed by atoms with Crippen LogP contribution in [0.2, 0.25) is 0 Å². The predicted molar refractivity (Wildman–Crippen MR) is 107 cm³/mol. The molecule has 0 aliphatic carbocycles. The molecular formula is C24H22LiNO5. The monoisotopic (exact) mass is 411 g/mol. The second-order valence-corrected chi connectivity index (χ2v) is 7.33. The third-order valence-corrected chi connectivity index (χ3v) is 5.35. The molecule has 6 nitrogen and oxygen atoms in total. The molecule has 2 aromatic carbocycles. The van der Waals surface area contributed by atoms with Crippen LogP contribution in [0.1, 0.15) is 35.5 Å². The maximum absolute atomic E-state index is 11.1. The van der Waals surface area contributed by atoms with Crippen molar-refractivity contribution >= 4 is 0 Å². The van der Waals surface area contributed by atoms with E-state index in [9.17, 15) is 5.11 Å². The predicted octanol–water partition coefficient (Wildman–Crippen LogP) is 0.516. The van der Waals surface area contributed by atoms with Gasteiger partial charge < -0.3 is 29.0 Å². The molecule has 0 radical (unpaired) electrons. The van der Waals surface area contributed by atoms with E-state index in [4.69, 9.17) is 18.9 Å². The zero-order valence-corrected chi connectivity index (χ0v) is 17.2. The summed E-state index contributed by atoms with van der Waals surface area (Å²) in [5.41, 5.74) is 2.24. The fourth-order valence-electron chi connectivity index (χ4n) is 3.84. The third kappa shape index (κ3) is 4.76. The average Bonchev–Trinajstić information content (AvgIpc) is 2.84. The summed E-state index contributed by atoms with van der Waals surface area (Å²) in [5.74, 6) is 0. The largest absolute Gasteiger partial charge is 1.00 e. The van der Waals surface area contributed by atoms with Crippen LogP contribution in [0.4, 0.5) is 0 Å². The number of hydrogen-bond acceptors (Lipinski definition) is 6. The summed E-state index contributed by atoms with van der Waals surface area (Å²) in [6, 6.07) is 24.6. The van der Waals surface area contributed by atoms with Crippen molar-refractivity contribution in [1.82, 2.24) is 4.98 Å². The molecule has 0 bridgehead atoms. The van der Waals surface area contributed by atoms with E-state index >= 15 is 0 Å². The summed E-state index contributed by atoms with van der Waals surface area (Å²) in [6.45, 7) is 0.328. The van der Waals surface area contributed by atoms with Gasteiger partial charge in [-0.05, 0) is 5.69 Å². The average molecular weight is 411 g/mol. The van der Waals surface area contributed by atoms with Gasteiger partial charge in [0.15, 0.2) is 12.6 Å². The topological polar surface area (TPSA) is 70.0 Å². The van der Waals surface area contributed by atoms with Crippen LogP contribution < -0.4 is 18.9 Å². The van der Waals surface area contributed by atoms with Crippen molar-refractivity contribution in [3.63, 3.8) is 0 Å². The van der Waals surface area contributed by atoms with E-state index in [1.807, 2.05) is 60.7 Å². The first-order chi connectivity index (χ1) is 14.8. The molecule has 1 N–H and O–H groups in total. The Morgan fingerprint density at radius 2 is 1.52 bits per heavy atom. The molecule has 3 heterocycles. The van der Waals surface area contributed by atoms with Crippen LogP contribution in [-0.2, 0) is 18.9 Å².